The summed E-state index contributed by atoms with van der Waals surface area (Å²) in [7, 11) is 3.12. The standard InChI is InChI=1S/C21H23FN4O2S/c1-4-16-7-5-6-8-18(16)26-14-23-24-21(26)29-13-20(27)25(2)12-15-9-10-19(28-3)17(22)11-15/h5-11,14H,4,12-13H2,1-3H3. The summed E-state index contributed by atoms with van der Waals surface area (Å²) in [6.07, 6.45) is 2.55. The number of carbonyl (C=O) groups is 1. The molecule has 0 saturated heterocycles. The van der Waals surface area contributed by atoms with Crippen LogP contribution >= 0.6 is 11.8 Å². The topological polar surface area (TPSA) is 60.2 Å². The lowest BCUT2D eigenvalue weighted by molar-refractivity contribution is -0.127. The molecule has 0 radical (unpaired) electrons. The van der Waals surface area contributed by atoms with Gasteiger partial charge in [0, 0.05) is 13.6 Å². The minimum atomic E-state index is -0.442. The Morgan fingerprint density at radius 3 is 2.79 bits per heavy atom. The Morgan fingerprint density at radius 1 is 1.28 bits per heavy atom. The van der Waals surface area contributed by atoms with Gasteiger partial charge in [-0.1, -0.05) is 43.0 Å². The molecule has 0 aliphatic carbocycles. The number of hydrogen-bond acceptors (Lipinski definition) is 5. The second-order valence-corrected chi connectivity index (χ2v) is 7.42. The molecule has 3 aromatic rings. The van der Waals surface area contributed by atoms with Gasteiger partial charge in [0.15, 0.2) is 16.7 Å². The van der Waals surface area contributed by atoms with Crippen molar-refractivity contribution in [2.24, 2.45) is 0 Å². The van der Waals surface area contributed by atoms with Crippen LogP contribution in [0.3, 0.4) is 0 Å². The number of nitrogens with zero attached hydrogens (tertiary/aromatic N) is 4. The normalized spacial score (nSPS) is 10.8. The van der Waals surface area contributed by atoms with E-state index in [0.717, 1.165) is 12.1 Å². The molecule has 152 valence electrons. The Morgan fingerprint density at radius 2 is 2.07 bits per heavy atom. The summed E-state index contributed by atoms with van der Waals surface area (Å²) in [4.78, 5) is 14.1. The number of amides is 1. The first-order valence-corrected chi connectivity index (χ1v) is 10.2. The highest BCUT2D eigenvalue weighted by molar-refractivity contribution is 7.99. The molecule has 0 fully saturated rings. The van der Waals surface area contributed by atoms with Crippen LogP contribution in [0, 0.1) is 5.82 Å². The fourth-order valence-electron chi connectivity index (χ4n) is 2.94. The largest absolute Gasteiger partial charge is 0.494 e. The number of carbonyl (C=O) groups excluding carboxylic acids is 1. The Kier molecular flexibility index (Phi) is 6.87. The van der Waals surface area contributed by atoms with E-state index in [4.69, 9.17) is 4.74 Å². The van der Waals surface area contributed by atoms with Crippen molar-refractivity contribution in [3.63, 3.8) is 0 Å². The zero-order valence-electron chi connectivity index (χ0n) is 16.6. The van der Waals surface area contributed by atoms with Gasteiger partial charge in [-0.05, 0) is 35.7 Å². The van der Waals surface area contributed by atoms with Crippen LogP contribution in [0.25, 0.3) is 5.69 Å². The highest BCUT2D eigenvalue weighted by Gasteiger charge is 2.15. The lowest BCUT2D eigenvalue weighted by Gasteiger charge is -2.17. The van der Waals surface area contributed by atoms with E-state index in [1.54, 1.807) is 30.4 Å². The summed E-state index contributed by atoms with van der Waals surface area (Å²) in [5.74, 6) is -0.125. The predicted octanol–water partition coefficient (Wildman–Crippen LogP) is 3.73. The Labute approximate surface area is 173 Å². The fraction of sp³-hybridized carbons (Fsp3) is 0.286. The molecule has 0 aliphatic heterocycles. The van der Waals surface area contributed by atoms with Crippen molar-refractivity contribution in [1.29, 1.82) is 0 Å². The highest BCUT2D eigenvalue weighted by atomic mass is 32.2. The number of rotatable bonds is 8. The van der Waals surface area contributed by atoms with E-state index < -0.39 is 5.82 Å². The number of aryl methyl sites for hydroxylation is 1. The Hall–Kier alpha value is -2.87. The van der Waals surface area contributed by atoms with E-state index in [2.05, 4.69) is 23.2 Å². The quantitative estimate of drug-likeness (QED) is 0.526. The molecule has 2 aromatic carbocycles. The van der Waals surface area contributed by atoms with E-state index in [0.29, 0.717) is 17.3 Å². The molecule has 0 saturated carbocycles. The van der Waals surface area contributed by atoms with Crippen molar-refractivity contribution < 1.29 is 13.9 Å². The molecule has 0 atom stereocenters. The summed E-state index contributed by atoms with van der Waals surface area (Å²) in [6.45, 7) is 2.40. The molecular formula is C21H23FN4O2S. The predicted molar refractivity (Wildman–Crippen MR) is 111 cm³/mol. The number of aromatic nitrogens is 3. The molecule has 3 rings (SSSR count). The third kappa shape index (κ3) is 4.95. The van der Waals surface area contributed by atoms with Gasteiger partial charge >= 0.3 is 0 Å². The van der Waals surface area contributed by atoms with Gasteiger partial charge in [-0.2, -0.15) is 0 Å². The molecule has 0 unspecified atom stereocenters. The lowest BCUT2D eigenvalue weighted by Crippen LogP contribution is -2.28. The Balaban J connectivity index is 1.64. The minimum absolute atomic E-state index is 0.0791. The van der Waals surface area contributed by atoms with Crippen molar-refractivity contribution in [3.8, 4) is 11.4 Å². The SMILES string of the molecule is CCc1ccccc1-n1cnnc1SCC(=O)N(C)Cc1ccc(OC)c(F)c1. The van der Waals surface area contributed by atoms with Gasteiger partial charge in [-0.15, -0.1) is 10.2 Å². The number of ether oxygens (including phenoxy) is 1. The maximum Gasteiger partial charge on any atom is 0.233 e. The molecule has 1 aromatic heterocycles. The van der Waals surface area contributed by atoms with Gasteiger partial charge in [-0.25, -0.2) is 4.39 Å². The maximum absolute atomic E-state index is 13.9. The first kappa shape index (κ1) is 20.9. The number of para-hydroxylation sites is 1. The molecule has 29 heavy (non-hydrogen) atoms. The van der Waals surface area contributed by atoms with Crippen LogP contribution < -0.4 is 4.74 Å². The van der Waals surface area contributed by atoms with E-state index in [1.165, 1.54) is 30.5 Å². The van der Waals surface area contributed by atoms with Crippen LogP contribution in [-0.2, 0) is 17.8 Å². The van der Waals surface area contributed by atoms with Crippen molar-refractivity contribution in [1.82, 2.24) is 19.7 Å². The fourth-order valence-corrected chi connectivity index (χ4v) is 3.80. The highest BCUT2D eigenvalue weighted by Crippen LogP contribution is 2.23. The average molecular weight is 415 g/mol. The van der Waals surface area contributed by atoms with Gasteiger partial charge in [0.25, 0.3) is 0 Å². The molecule has 0 bridgehead atoms. The van der Waals surface area contributed by atoms with Crippen LogP contribution in [0.5, 0.6) is 5.75 Å². The van der Waals surface area contributed by atoms with Crippen LogP contribution in [0.1, 0.15) is 18.1 Å². The first-order valence-electron chi connectivity index (χ1n) is 9.21. The molecular weight excluding hydrogens is 391 g/mol. The monoisotopic (exact) mass is 414 g/mol. The number of methoxy groups -OCH3 is 1. The summed E-state index contributed by atoms with van der Waals surface area (Å²) in [6, 6.07) is 12.7. The van der Waals surface area contributed by atoms with E-state index in [1.807, 2.05) is 22.8 Å². The van der Waals surface area contributed by atoms with Crippen molar-refractivity contribution >= 4 is 17.7 Å². The summed E-state index contributed by atoms with van der Waals surface area (Å²) in [5, 5.41) is 8.82. The molecule has 0 N–H and O–H groups in total. The summed E-state index contributed by atoms with van der Waals surface area (Å²) >= 11 is 1.33. The van der Waals surface area contributed by atoms with Gasteiger partial charge in [0.1, 0.15) is 6.33 Å². The smallest absolute Gasteiger partial charge is 0.233 e. The van der Waals surface area contributed by atoms with E-state index in [9.17, 15) is 9.18 Å². The zero-order chi connectivity index (χ0) is 20.8. The molecule has 8 heteroatoms. The van der Waals surface area contributed by atoms with Crippen molar-refractivity contribution in [3.05, 3.63) is 65.7 Å². The van der Waals surface area contributed by atoms with E-state index >= 15 is 0 Å². The summed E-state index contributed by atoms with van der Waals surface area (Å²) in [5.41, 5.74) is 2.89. The molecule has 1 amide bonds. The molecule has 1 heterocycles. The van der Waals surface area contributed by atoms with Gasteiger partial charge in [0.2, 0.25) is 5.91 Å². The third-order valence-corrected chi connectivity index (χ3v) is 5.46. The van der Waals surface area contributed by atoms with Gasteiger partial charge < -0.3 is 9.64 Å². The van der Waals surface area contributed by atoms with Gasteiger partial charge in [0.05, 0.1) is 18.6 Å². The average Bonchev–Trinajstić information content (AvgIpc) is 3.20. The second kappa shape index (κ2) is 9.56. The maximum atomic E-state index is 13.9. The van der Waals surface area contributed by atoms with Crippen LogP contribution in [-0.4, -0.2) is 45.5 Å². The van der Waals surface area contributed by atoms with Gasteiger partial charge in [-0.3, -0.25) is 9.36 Å². The number of halogens is 1. The number of benzene rings is 2. The second-order valence-electron chi connectivity index (χ2n) is 6.47. The Bertz CT molecular complexity index is 992. The zero-order valence-corrected chi connectivity index (χ0v) is 17.4. The minimum Gasteiger partial charge on any atom is -0.494 e. The van der Waals surface area contributed by atoms with Crippen LogP contribution in [0.2, 0.25) is 0 Å². The third-order valence-electron chi connectivity index (χ3n) is 4.53. The number of hydrogen-bond donors (Lipinski definition) is 0. The van der Waals surface area contributed by atoms with E-state index in [-0.39, 0.29) is 17.4 Å². The van der Waals surface area contributed by atoms with Crippen molar-refractivity contribution in [2.45, 2.75) is 25.0 Å². The molecule has 0 aliphatic rings. The first-order chi connectivity index (χ1) is 14.0. The number of thioether (sulfide) groups is 1. The molecule has 0 spiro atoms. The van der Waals surface area contributed by atoms with Crippen LogP contribution in [0.15, 0.2) is 53.9 Å². The van der Waals surface area contributed by atoms with Crippen LogP contribution in [0.4, 0.5) is 4.39 Å². The van der Waals surface area contributed by atoms with Crippen molar-refractivity contribution in [2.75, 3.05) is 19.9 Å². The lowest BCUT2D eigenvalue weighted by atomic mass is 10.1. The molecule has 6 nitrogen and oxygen atoms in total. The summed E-state index contributed by atoms with van der Waals surface area (Å²) < 4.78 is 20.7.